The zero-order valence-corrected chi connectivity index (χ0v) is 47.1. The van der Waals surface area contributed by atoms with Crippen LogP contribution in [0.4, 0.5) is 0 Å². The van der Waals surface area contributed by atoms with E-state index in [9.17, 15) is 33.6 Å². The van der Waals surface area contributed by atoms with Gasteiger partial charge in [-0.15, -0.1) is 0 Å². The molecule has 19 N–H and O–H groups in total. The molecule has 4 amide bonds. The Labute approximate surface area is 476 Å². The van der Waals surface area contributed by atoms with Crippen molar-refractivity contribution in [3.05, 3.63) is 117 Å². The maximum atomic E-state index is 14.4. The van der Waals surface area contributed by atoms with Crippen LogP contribution in [0.3, 0.4) is 0 Å². The first kappa shape index (κ1) is 65.3. The lowest BCUT2D eigenvalue weighted by atomic mass is 9.96. The molecule has 0 saturated heterocycles. The number of Topliss-reactive ketones (excluding diaryl/α,β-unsaturated/α-hetero) is 3. The lowest BCUT2D eigenvalue weighted by Gasteiger charge is -2.21. The number of primary amides is 1. The molecule has 0 unspecified atom stereocenters. The van der Waals surface area contributed by atoms with Gasteiger partial charge in [-0.25, -0.2) is 0 Å². The maximum Gasteiger partial charge on any atom is 0.255 e. The van der Waals surface area contributed by atoms with Crippen molar-refractivity contribution in [2.45, 2.75) is 102 Å². The lowest BCUT2D eigenvalue weighted by Crippen LogP contribution is -2.42. The third-order valence-electron chi connectivity index (χ3n) is 13.1. The van der Waals surface area contributed by atoms with Crippen LogP contribution < -0.4 is 80.8 Å². The van der Waals surface area contributed by atoms with Crippen molar-refractivity contribution in [2.75, 3.05) is 48.1 Å². The molecule has 0 aromatic heterocycles. The molecule has 82 heavy (non-hydrogen) atoms. The lowest BCUT2D eigenvalue weighted by molar-refractivity contribution is -0.121. The number of guanidine groups is 3. The number of carbonyl (C=O) groups excluding carboxylic acids is 7. The highest BCUT2D eigenvalue weighted by molar-refractivity contribution is 6.03. The van der Waals surface area contributed by atoms with Gasteiger partial charge in [0, 0.05) is 44.9 Å². The van der Waals surface area contributed by atoms with Crippen LogP contribution in [0.5, 0.6) is 23.0 Å². The van der Waals surface area contributed by atoms with E-state index in [4.69, 9.17) is 64.8 Å². The number of methoxy groups -OCH3 is 4. The first-order valence-corrected chi connectivity index (χ1v) is 26.5. The molecule has 0 aliphatic carbocycles. The van der Waals surface area contributed by atoms with Crippen molar-refractivity contribution in [3.8, 4) is 23.0 Å². The summed E-state index contributed by atoms with van der Waals surface area (Å²) >= 11 is 0. The van der Waals surface area contributed by atoms with Gasteiger partial charge in [0.1, 0.15) is 23.0 Å². The van der Waals surface area contributed by atoms with E-state index in [1.807, 2.05) is 6.07 Å². The number of rotatable bonds is 35. The van der Waals surface area contributed by atoms with Crippen LogP contribution in [0.1, 0.15) is 116 Å². The summed E-state index contributed by atoms with van der Waals surface area (Å²) in [6, 6.07) is 15.8. The summed E-state index contributed by atoms with van der Waals surface area (Å²) in [5, 5.41) is 8.75. The predicted molar refractivity (Wildman–Crippen MR) is 312 cm³/mol. The molecule has 0 aliphatic heterocycles. The fraction of sp³-hybridized carbons (Fsp3) is 0.404. The smallest absolute Gasteiger partial charge is 0.255 e. The number of benzene rings is 4. The van der Waals surface area contributed by atoms with Gasteiger partial charge in [-0.1, -0.05) is 24.3 Å². The van der Waals surface area contributed by atoms with E-state index in [0.717, 1.165) is 5.56 Å². The second-order valence-corrected chi connectivity index (χ2v) is 19.3. The zero-order chi connectivity index (χ0) is 60.5. The average Bonchev–Trinajstić information content (AvgIpc) is 3.45. The minimum atomic E-state index is -1.11. The van der Waals surface area contributed by atoms with E-state index in [1.165, 1.54) is 46.6 Å². The Bertz CT molecular complexity index is 2990. The van der Waals surface area contributed by atoms with Gasteiger partial charge in [-0.05, 0) is 129 Å². The second kappa shape index (κ2) is 32.7. The third-order valence-corrected chi connectivity index (χ3v) is 13.1. The number of ketones is 3. The molecule has 4 rings (SSSR count). The van der Waals surface area contributed by atoms with E-state index in [1.54, 1.807) is 55.5 Å². The molecule has 442 valence electrons. The van der Waals surface area contributed by atoms with E-state index in [2.05, 4.69) is 30.9 Å². The third kappa shape index (κ3) is 20.8. The number of amides is 4. The van der Waals surface area contributed by atoms with Crippen LogP contribution in [-0.2, 0) is 40.1 Å². The van der Waals surface area contributed by atoms with Crippen LogP contribution in [0.25, 0.3) is 0 Å². The number of ether oxygens (including phenoxy) is 4. The summed E-state index contributed by atoms with van der Waals surface area (Å²) in [6.45, 7) is 2.18. The first-order valence-electron chi connectivity index (χ1n) is 26.5. The molecular weight excluding hydrogens is 1060 g/mol. The summed E-state index contributed by atoms with van der Waals surface area (Å²) < 4.78 is 21.9. The summed E-state index contributed by atoms with van der Waals surface area (Å²) in [4.78, 5) is 108. The summed E-state index contributed by atoms with van der Waals surface area (Å²) in [5.41, 5.74) is 47.3. The van der Waals surface area contributed by atoms with Crippen LogP contribution in [0.2, 0.25) is 0 Å². The molecular formula is C57H78N14O11. The predicted octanol–water partition coefficient (Wildman–Crippen LogP) is 0.991. The number of hydrogen-bond acceptors (Lipinski definition) is 15. The summed E-state index contributed by atoms with van der Waals surface area (Å²) in [5.74, 6) is -3.04. The van der Waals surface area contributed by atoms with Crippen LogP contribution >= 0.6 is 0 Å². The number of carbonyl (C=O) groups is 7. The van der Waals surface area contributed by atoms with Gasteiger partial charge in [0.2, 0.25) is 0 Å². The highest BCUT2D eigenvalue weighted by Crippen LogP contribution is 2.26. The molecule has 25 nitrogen and oxygen atoms in total. The molecule has 0 saturated carbocycles. The molecule has 0 heterocycles. The summed E-state index contributed by atoms with van der Waals surface area (Å²) in [7, 11) is 5.60. The van der Waals surface area contributed by atoms with E-state index in [-0.39, 0.29) is 115 Å². The van der Waals surface area contributed by atoms with E-state index >= 15 is 0 Å². The highest BCUT2D eigenvalue weighted by Gasteiger charge is 2.28. The van der Waals surface area contributed by atoms with Gasteiger partial charge in [0.05, 0.1) is 68.8 Å². The minimum absolute atomic E-state index is 0.00243. The van der Waals surface area contributed by atoms with Crippen molar-refractivity contribution < 1.29 is 52.5 Å². The van der Waals surface area contributed by atoms with Crippen molar-refractivity contribution in [2.24, 2.45) is 60.8 Å². The summed E-state index contributed by atoms with van der Waals surface area (Å²) in [6.07, 6.45) is 2.15. The van der Waals surface area contributed by atoms with Crippen LogP contribution in [0.15, 0.2) is 87.8 Å². The Morgan fingerprint density at radius 1 is 0.439 bits per heavy atom. The molecule has 4 atom stereocenters. The standard InChI is InChI=1S/C57H78N14O11/c1-32(58)44(72)29-34-14-19-49(81-4)40(26-34)53(77)70-43(11-8-24-68-57(64)65)46(74)31-36-16-21-50(82-5)41(28-36)54(78)71-42(10-7-23-67-56(62)63)45(73)30-35-15-20-48(80-3)39(27-35)52(76)69-37(9-6-22-66-55(60)61)17-12-33-13-18-47(79-2)38(25-33)51(59)75/h13-16,18-21,25-28,32,37,42-43H,6-12,17,22-24,29-31,58H2,1-5H3,(H2,59,75)(H,69,76)(H,70,77)(H,71,78)(H4,60,61,66)(H4,62,63,67)(H4,64,65,68)/t32-,37-,42-,43-/m1/s1. The maximum absolute atomic E-state index is 14.4. The highest BCUT2D eigenvalue weighted by atomic mass is 16.5. The fourth-order valence-electron chi connectivity index (χ4n) is 8.79. The van der Waals surface area contributed by atoms with Crippen LogP contribution in [-0.4, -0.2) is 131 Å². The van der Waals surface area contributed by atoms with E-state index < -0.39 is 59.4 Å². The zero-order valence-electron chi connectivity index (χ0n) is 47.1. The molecule has 0 fully saturated rings. The number of aryl methyl sites for hydroxylation is 1. The second-order valence-electron chi connectivity index (χ2n) is 19.3. The van der Waals surface area contributed by atoms with Gasteiger partial charge in [0.25, 0.3) is 23.6 Å². The van der Waals surface area contributed by atoms with Gasteiger partial charge in [0.15, 0.2) is 35.2 Å². The largest absolute Gasteiger partial charge is 0.496 e. The number of nitrogens with zero attached hydrogens (tertiary/aromatic N) is 3. The average molecular weight is 1140 g/mol. The SMILES string of the molecule is COc1ccc(CC[C@@H](CCCN=C(N)N)NC(=O)c2cc(CC(=O)[C@@H](CCCN=C(N)N)NC(=O)c3cc(CC(=O)[C@@H](CCCN=C(N)N)NC(=O)c4cc(CC(=O)[C@@H](C)N)ccc4OC)ccc3OC)ccc2OC)cc1C(N)=O. The monoisotopic (exact) mass is 1130 g/mol. The number of hydrogen-bond donors (Lipinski definition) is 11. The van der Waals surface area contributed by atoms with Gasteiger partial charge >= 0.3 is 0 Å². The molecule has 0 aliphatic rings. The molecule has 4 aromatic rings. The fourth-order valence-corrected chi connectivity index (χ4v) is 8.79. The van der Waals surface area contributed by atoms with Crippen LogP contribution in [0, 0.1) is 0 Å². The minimum Gasteiger partial charge on any atom is -0.496 e. The Morgan fingerprint density at radius 2 is 0.768 bits per heavy atom. The normalized spacial score (nSPS) is 12.2. The van der Waals surface area contributed by atoms with Gasteiger partial charge in [-0.3, -0.25) is 48.5 Å². The molecule has 0 spiro atoms. The Balaban J connectivity index is 1.60. The van der Waals surface area contributed by atoms with Crippen molar-refractivity contribution in [3.63, 3.8) is 0 Å². The van der Waals surface area contributed by atoms with Gasteiger partial charge < -0.3 is 80.8 Å². The van der Waals surface area contributed by atoms with Gasteiger partial charge in [-0.2, -0.15) is 0 Å². The number of nitrogens with one attached hydrogen (secondary N) is 3. The van der Waals surface area contributed by atoms with Crippen molar-refractivity contribution in [1.29, 1.82) is 0 Å². The number of aliphatic imine (C=N–C) groups is 3. The Kier molecular flexibility index (Phi) is 26.0. The van der Waals surface area contributed by atoms with Crippen molar-refractivity contribution in [1.82, 2.24) is 16.0 Å². The topological polar surface area (TPSA) is 438 Å². The molecule has 0 radical (unpaired) electrons. The van der Waals surface area contributed by atoms with E-state index in [0.29, 0.717) is 61.1 Å². The molecule has 0 bridgehead atoms. The quantitative estimate of drug-likeness (QED) is 0.0174. The molecule has 25 heteroatoms. The Morgan fingerprint density at radius 3 is 1.12 bits per heavy atom. The Hall–Kier alpha value is -9.26. The first-order chi connectivity index (χ1) is 39.1. The number of nitrogens with two attached hydrogens (primary N) is 8. The molecule has 4 aromatic carbocycles. The van der Waals surface area contributed by atoms with Crippen molar-refractivity contribution >= 4 is 58.9 Å².